The average molecular weight is 696 g/mol. The number of hydrogen-bond acceptors (Lipinski definition) is 7. The number of allylic oxidation sites excluding steroid dienone is 4. The predicted molar refractivity (Wildman–Crippen MR) is 184 cm³/mol. The Morgan fingerprint density at radius 3 is 2.46 bits per heavy atom. The SMILES string of the molecule is C=C/C=C\C=C(/N)c1ccc(S(=O)(=O)N[C@H](CN)CCc2c(F)cncc2NC(=O)C[C@@H](c2ccc(F)cc2)c2cc(C)cc(F)c2)s1. The summed E-state index contributed by atoms with van der Waals surface area (Å²) in [5.74, 6) is -2.78. The van der Waals surface area contributed by atoms with Crippen LogP contribution >= 0.6 is 11.3 Å². The molecule has 2 aromatic heterocycles. The Bertz CT molecular complexity index is 1910. The predicted octanol–water partition coefficient (Wildman–Crippen LogP) is 6.31. The zero-order valence-corrected chi connectivity index (χ0v) is 27.8. The van der Waals surface area contributed by atoms with Gasteiger partial charge in [0.15, 0.2) is 0 Å². The highest BCUT2D eigenvalue weighted by atomic mass is 32.2. The van der Waals surface area contributed by atoms with Crippen molar-refractivity contribution in [3.63, 3.8) is 0 Å². The summed E-state index contributed by atoms with van der Waals surface area (Å²) in [6.45, 7) is 5.23. The Balaban J connectivity index is 1.48. The lowest BCUT2D eigenvalue weighted by Gasteiger charge is -2.20. The smallest absolute Gasteiger partial charge is 0.250 e. The molecule has 0 unspecified atom stereocenters. The van der Waals surface area contributed by atoms with E-state index in [0.29, 0.717) is 27.3 Å². The van der Waals surface area contributed by atoms with Crippen LogP contribution in [0.15, 0.2) is 102 Å². The molecule has 0 aliphatic rings. The van der Waals surface area contributed by atoms with E-state index in [0.717, 1.165) is 17.5 Å². The number of pyridine rings is 1. The Hall–Kier alpha value is -4.56. The first-order chi connectivity index (χ1) is 22.9. The number of nitrogens with one attached hydrogen (secondary N) is 2. The van der Waals surface area contributed by atoms with Gasteiger partial charge in [0.2, 0.25) is 15.9 Å². The van der Waals surface area contributed by atoms with Crippen LogP contribution in [-0.2, 0) is 21.2 Å². The molecular weight excluding hydrogens is 660 g/mol. The van der Waals surface area contributed by atoms with Crippen LogP contribution in [-0.4, -0.2) is 31.9 Å². The van der Waals surface area contributed by atoms with E-state index in [9.17, 15) is 22.0 Å². The number of nitrogens with zero attached hydrogens (tertiary/aromatic N) is 1. The quantitative estimate of drug-likeness (QED) is 0.108. The van der Waals surface area contributed by atoms with E-state index in [1.165, 1.54) is 48.7 Å². The molecule has 13 heteroatoms. The second kappa shape index (κ2) is 16.5. The number of anilines is 1. The molecule has 4 rings (SSSR count). The van der Waals surface area contributed by atoms with Crippen molar-refractivity contribution in [1.82, 2.24) is 9.71 Å². The van der Waals surface area contributed by atoms with Crippen molar-refractivity contribution in [2.24, 2.45) is 11.5 Å². The summed E-state index contributed by atoms with van der Waals surface area (Å²) in [6.07, 6.45) is 8.84. The number of carbonyl (C=O) groups excluding carboxylic acids is 1. The van der Waals surface area contributed by atoms with Crippen molar-refractivity contribution in [3.8, 4) is 0 Å². The third-order valence-corrected chi connectivity index (χ3v) is 10.6. The minimum Gasteiger partial charge on any atom is -0.398 e. The van der Waals surface area contributed by atoms with Crippen molar-refractivity contribution >= 4 is 38.7 Å². The molecule has 0 bridgehead atoms. The number of aromatic nitrogens is 1. The molecule has 8 nitrogen and oxygen atoms in total. The van der Waals surface area contributed by atoms with Crippen molar-refractivity contribution in [1.29, 1.82) is 0 Å². The Morgan fingerprint density at radius 1 is 1.02 bits per heavy atom. The van der Waals surface area contributed by atoms with Gasteiger partial charge in [-0.15, -0.1) is 11.3 Å². The lowest BCUT2D eigenvalue weighted by molar-refractivity contribution is -0.116. The maximum atomic E-state index is 15.1. The van der Waals surface area contributed by atoms with E-state index >= 15 is 4.39 Å². The molecule has 2 heterocycles. The fourth-order valence-corrected chi connectivity index (χ4v) is 7.60. The number of halogens is 3. The zero-order valence-electron chi connectivity index (χ0n) is 26.1. The Morgan fingerprint density at radius 2 is 1.77 bits per heavy atom. The number of aryl methyl sites for hydroxylation is 1. The topological polar surface area (TPSA) is 140 Å². The van der Waals surface area contributed by atoms with E-state index in [4.69, 9.17) is 11.5 Å². The van der Waals surface area contributed by atoms with Gasteiger partial charge in [-0.3, -0.25) is 9.78 Å². The third-order valence-electron chi connectivity index (χ3n) is 7.41. The number of rotatable bonds is 15. The van der Waals surface area contributed by atoms with Crippen molar-refractivity contribution in [2.75, 3.05) is 11.9 Å². The van der Waals surface area contributed by atoms with Crippen LogP contribution in [0.25, 0.3) is 5.70 Å². The Kier molecular flexibility index (Phi) is 12.5. The number of amides is 1. The van der Waals surface area contributed by atoms with Crippen molar-refractivity contribution in [3.05, 3.63) is 142 Å². The van der Waals surface area contributed by atoms with E-state index in [1.807, 2.05) is 0 Å². The van der Waals surface area contributed by atoms with Crippen LogP contribution in [0.2, 0.25) is 0 Å². The molecule has 0 fully saturated rings. The number of nitrogens with two attached hydrogens (primary N) is 2. The van der Waals surface area contributed by atoms with Gasteiger partial charge in [0.05, 0.1) is 23.0 Å². The fourth-order valence-electron chi connectivity index (χ4n) is 5.06. The summed E-state index contributed by atoms with van der Waals surface area (Å²) in [7, 11) is -3.98. The molecule has 6 N–H and O–H groups in total. The highest BCUT2D eigenvalue weighted by Crippen LogP contribution is 2.31. The summed E-state index contributed by atoms with van der Waals surface area (Å²) in [4.78, 5) is 17.8. The highest BCUT2D eigenvalue weighted by molar-refractivity contribution is 7.91. The normalized spacial score (nSPS) is 13.4. The van der Waals surface area contributed by atoms with Crippen LogP contribution in [0.5, 0.6) is 0 Å². The summed E-state index contributed by atoms with van der Waals surface area (Å²) in [5, 5.41) is 2.70. The molecule has 48 heavy (non-hydrogen) atoms. The molecule has 2 aromatic carbocycles. The number of sulfonamides is 1. The van der Waals surface area contributed by atoms with Crippen molar-refractivity contribution in [2.45, 2.75) is 42.4 Å². The van der Waals surface area contributed by atoms with Gasteiger partial charge in [-0.25, -0.2) is 26.3 Å². The molecule has 0 radical (unpaired) electrons. The van der Waals surface area contributed by atoms with Gasteiger partial charge in [-0.05, 0) is 78.9 Å². The molecule has 0 aliphatic carbocycles. The van der Waals surface area contributed by atoms with Crippen LogP contribution in [0, 0.1) is 24.4 Å². The maximum absolute atomic E-state index is 15.1. The molecular formula is C35H36F3N5O3S2. The molecule has 1 amide bonds. The maximum Gasteiger partial charge on any atom is 0.250 e. The van der Waals surface area contributed by atoms with Crippen LogP contribution < -0.4 is 21.5 Å². The second-order valence-corrected chi connectivity index (χ2v) is 14.0. The molecule has 0 saturated carbocycles. The van der Waals surface area contributed by atoms with E-state index in [-0.39, 0.29) is 41.3 Å². The fraction of sp³-hybridized carbons (Fsp3) is 0.200. The molecule has 0 aliphatic heterocycles. The first-order valence-corrected chi connectivity index (χ1v) is 17.2. The van der Waals surface area contributed by atoms with Crippen LogP contribution in [0.4, 0.5) is 18.9 Å². The average Bonchev–Trinajstić information content (AvgIpc) is 3.55. The minimum atomic E-state index is -3.98. The third kappa shape index (κ3) is 9.73. The highest BCUT2D eigenvalue weighted by Gasteiger charge is 2.24. The summed E-state index contributed by atoms with van der Waals surface area (Å²) < 4.78 is 72.0. The molecule has 0 saturated heterocycles. The number of thiophene rings is 1. The van der Waals surface area contributed by atoms with Gasteiger partial charge < -0.3 is 16.8 Å². The second-order valence-electron chi connectivity index (χ2n) is 11.0. The van der Waals surface area contributed by atoms with Crippen molar-refractivity contribution < 1.29 is 26.4 Å². The first kappa shape index (κ1) is 36.3. The summed E-state index contributed by atoms with van der Waals surface area (Å²) >= 11 is 0.989. The van der Waals surface area contributed by atoms with Gasteiger partial charge in [0.25, 0.3) is 0 Å². The van der Waals surface area contributed by atoms with Gasteiger partial charge >= 0.3 is 0 Å². The molecule has 4 aromatic rings. The largest absolute Gasteiger partial charge is 0.398 e. The zero-order chi connectivity index (χ0) is 34.8. The first-order valence-electron chi connectivity index (χ1n) is 14.9. The minimum absolute atomic E-state index is 0.0137. The van der Waals surface area contributed by atoms with Crippen LogP contribution in [0.3, 0.4) is 0 Å². The van der Waals surface area contributed by atoms with E-state index < -0.39 is 45.3 Å². The molecule has 2 atom stereocenters. The molecule has 0 spiro atoms. The molecule has 252 valence electrons. The number of carbonyl (C=O) groups is 1. The van der Waals surface area contributed by atoms with E-state index in [1.54, 1.807) is 43.4 Å². The monoisotopic (exact) mass is 695 g/mol. The Labute approximate surface area is 282 Å². The van der Waals surface area contributed by atoms with Gasteiger partial charge in [-0.1, -0.05) is 43.0 Å². The van der Waals surface area contributed by atoms with Gasteiger partial charge in [-0.2, -0.15) is 0 Å². The summed E-state index contributed by atoms with van der Waals surface area (Å²) in [5.41, 5.74) is 14.3. The summed E-state index contributed by atoms with van der Waals surface area (Å²) in [6, 6.07) is 12.3. The van der Waals surface area contributed by atoms with Crippen LogP contribution in [0.1, 0.15) is 45.9 Å². The van der Waals surface area contributed by atoms with Gasteiger partial charge in [0, 0.05) is 36.2 Å². The van der Waals surface area contributed by atoms with E-state index in [2.05, 4.69) is 21.6 Å². The lowest BCUT2D eigenvalue weighted by atomic mass is 9.87. The van der Waals surface area contributed by atoms with Gasteiger partial charge in [0.1, 0.15) is 21.7 Å². The number of hydrogen-bond donors (Lipinski definition) is 4. The number of benzene rings is 2. The standard InChI is InChI=1S/C35H36F3N5O3S2/c1-3-4-5-6-31(40)33-13-14-35(47-33)48(45,46)43-27(19-39)11-12-28-30(38)20-41-21-32(28)42-34(44)18-29(23-7-9-25(36)10-8-23)24-15-22(2)16-26(37)17-24/h3-10,13-17,20-21,27,29,43H,1,11-12,18-19,39-40H2,2H3,(H,42,44)/b5-4-,31-6-/t27-,29-/m0/s1. The lowest BCUT2D eigenvalue weighted by Crippen LogP contribution is -2.40.